The van der Waals surface area contributed by atoms with E-state index in [1.165, 1.54) is 7.11 Å². The SMILES string of the molecule is COC(=O)[C@H]1CCCCN1C1CCN(C(=O)[C@@H](Cc2cc(Br)c(N)c(Br)c2)NC(=O)N2CCC(N3Cc4ccccc4NC3=O)CC2)CC1. The van der Waals surface area contributed by atoms with Crippen molar-refractivity contribution in [3.05, 3.63) is 56.5 Å². The molecule has 4 N–H and O–H groups in total. The number of fused-ring (bicyclic) bond motifs is 1. The Morgan fingerprint density at radius 2 is 1.59 bits per heavy atom. The molecule has 3 fully saturated rings. The summed E-state index contributed by atoms with van der Waals surface area (Å²) in [5.41, 5.74) is 9.48. The summed E-state index contributed by atoms with van der Waals surface area (Å²) in [7, 11) is 1.44. The second kappa shape index (κ2) is 15.7. The van der Waals surface area contributed by atoms with Gasteiger partial charge in [0, 0.05) is 65.9 Å². The van der Waals surface area contributed by atoms with Crippen LogP contribution in [-0.2, 0) is 27.3 Å². The van der Waals surface area contributed by atoms with Gasteiger partial charge in [0.05, 0.1) is 12.8 Å². The molecule has 3 saturated heterocycles. The lowest BCUT2D eigenvalue weighted by atomic mass is 9.94. The zero-order valence-corrected chi connectivity index (χ0v) is 31.0. The van der Waals surface area contributed by atoms with Crippen LogP contribution in [0.25, 0.3) is 0 Å². The third-order valence-corrected chi connectivity index (χ3v) is 11.8. The molecule has 4 heterocycles. The number of carbonyl (C=O) groups excluding carboxylic acids is 4. The first-order valence-electron chi connectivity index (χ1n) is 17.2. The van der Waals surface area contributed by atoms with Gasteiger partial charge in [-0.05, 0) is 106 Å². The molecule has 4 aliphatic heterocycles. The van der Waals surface area contributed by atoms with Crippen LogP contribution in [0.15, 0.2) is 45.3 Å². The maximum absolute atomic E-state index is 14.2. The first-order chi connectivity index (χ1) is 23.6. The number of halogens is 2. The van der Waals surface area contributed by atoms with Crippen molar-refractivity contribution < 1.29 is 23.9 Å². The molecule has 0 unspecified atom stereocenters. The lowest BCUT2D eigenvalue weighted by Crippen LogP contribution is -2.58. The zero-order chi connectivity index (χ0) is 34.7. The van der Waals surface area contributed by atoms with E-state index in [-0.39, 0.29) is 42.1 Å². The topological polar surface area (TPSA) is 141 Å². The highest BCUT2D eigenvalue weighted by molar-refractivity contribution is 9.11. The van der Waals surface area contributed by atoms with Crippen molar-refractivity contribution in [3.63, 3.8) is 0 Å². The summed E-state index contributed by atoms with van der Waals surface area (Å²) in [5, 5.41) is 6.07. The first-order valence-corrected chi connectivity index (χ1v) is 18.8. The van der Waals surface area contributed by atoms with Crippen molar-refractivity contribution in [2.75, 3.05) is 50.9 Å². The number of ether oxygens (including phenoxy) is 1. The fraction of sp³-hybridized carbons (Fsp3) is 0.543. The van der Waals surface area contributed by atoms with Crippen LogP contribution in [0.3, 0.4) is 0 Å². The van der Waals surface area contributed by atoms with Crippen molar-refractivity contribution in [2.45, 2.75) is 82.1 Å². The van der Waals surface area contributed by atoms with Gasteiger partial charge >= 0.3 is 18.0 Å². The molecular formula is C35H45Br2N7O5. The second-order valence-electron chi connectivity index (χ2n) is 13.4. The number of esters is 1. The van der Waals surface area contributed by atoms with Gasteiger partial charge in [-0.3, -0.25) is 14.5 Å². The summed E-state index contributed by atoms with van der Waals surface area (Å²) in [6, 6.07) is 10.4. The number of anilines is 2. The van der Waals surface area contributed by atoms with E-state index >= 15 is 0 Å². The molecule has 2 aromatic carbocycles. The number of nitrogen functional groups attached to an aromatic ring is 1. The average molecular weight is 804 g/mol. The Kier molecular flexibility index (Phi) is 11.3. The molecule has 49 heavy (non-hydrogen) atoms. The summed E-state index contributed by atoms with van der Waals surface area (Å²) in [4.78, 5) is 61.0. The van der Waals surface area contributed by atoms with Crippen molar-refractivity contribution in [1.29, 1.82) is 0 Å². The third kappa shape index (κ3) is 8.01. The summed E-state index contributed by atoms with van der Waals surface area (Å²) < 4.78 is 6.52. The molecule has 0 bridgehead atoms. The van der Waals surface area contributed by atoms with Crippen molar-refractivity contribution in [3.8, 4) is 0 Å². The van der Waals surface area contributed by atoms with E-state index in [0.29, 0.717) is 66.6 Å². The van der Waals surface area contributed by atoms with E-state index in [1.54, 1.807) is 4.90 Å². The summed E-state index contributed by atoms with van der Waals surface area (Å²) >= 11 is 7.03. The van der Waals surface area contributed by atoms with Crippen LogP contribution in [0.4, 0.5) is 21.0 Å². The number of nitrogens with one attached hydrogen (secondary N) is 2. The highest BCUT2D eigenvalue weighted by Gasteiger charge is 2.38. The van der Waals surface area contributed by atoms with Crippen LogP contribution >= 0.6 is 31.9 Å². The number of carbonyl (C=O) groups is 4. The van der Waals surface area contributed by atoms with Gasteiger partial charge in [0.2, 0.25) is 5.91 Å². The monoisotopic (exact) mass is 801 g/mol. The molecule has 6 rings (SSSR count). The number of rotatable bonds is 7. The lowest BCUT2D eigenvalue weighted by Gasteiger charge is -2.44. The number of benzene rings is 2. The molecule has 0 spiro atoms. The molecule has 0 aliphatic carbocycles. The Morgan fingerprint density at radius 3 is 2.29 bits per heavy atom. The Bertz CT molecular complexity index is 1540. The molecule has 0 saturated carbocycles. The van der Waals surface area contributed by atoms with Gasteiger partial charge in [0.25, 0.3) is 0 Å². The average Bonchev–Trinajstić information content (AvgIpc) is 3.12. The molecular weight excluding hydrogens is 758 g/mol. The maximum atomic E-state index is 14.2. The molecule has 4 aliphatic rings. The molecule has 5 amide bonds. The van der Waals surface area contributed by atoms with Gasteiger partial charge in [-0.1, -0.05) is 24.6 Å². The summed E-state index contributed by atoms with van der Waals surface area (Å²) in [6.07, 6.45) is 5.94. The van der Waals surface area contributed by atoms with Crippen LogP contribution < -0.4 is 16.4 Å². The number of piperidine rings is 3. The van der Waals surface area contributed by atoms with E-state index in [4.69, 9.17) is 10.5 Å². The number of urea groups is 2. The quantitative estimate of drug-likeness (QED) is 0.266. The van der Waals surface area contributed by atoms with Crippen LogP contribution in [-0.4, -0.2) is 108 Å². The zero-order valence-electron chi connectivity index (χ0n) is 27.8. The fourth-order valence-corrected chi connectivity index (χ4v) is 9.03. The Balaban J connectivity index is 1.10. The maximum Gasteiger partial charge on any atom is 0.323 e. The predicted octanol–water partition coefficient (Wildman–Crippen LogP) is 4.95. The number of likely N-dealkylation sites (tertiary alicyclic amines) is 3. The fourth-order valence-electron chi connectivity index (χ4n) is 7.75. The van der Waals surface area contributed by atoms with E-state index in [0.717, 1.165) is 55.5 Å². The van der Waals surface area contributed by atoms with E-state index in [1.807, 2.05) is 46.2 Å². The van der Waals surface area contributed by atoms with Crippen LogP contribution in [0.2, 0.25) is 0 Å². The van der Waals surface area contributed by atoms with E-state index in [9.17, 15) is 19.2 Å². The minimum atomic E-state index is -0.786. The Hall–Kier alpha value is -3.36. The second-order valence-corrected chi connectivity index (χ2v) is 15.2. The molecule has 14 heteroatoms. The number of amides is 5. The normalized spacial score (nSPS) is 21.5. The largest absolute Gasteiger partial charge is 0.468 e. The van der Waals surface area contributed by atoms with Gasteiger partial charge in [-0.25, -0.2) is 9.59 Å². The Morgan fingerprint density at radius 1 is 0.939 bits per heavy atom. The number of hydrogen-bond acceptors (Lipinski definition) is 7. The number of methoxy groups -OCH3 is 1. The highest BCUT2D eigenvalue weighted by Crippen LogP contribution is 2.32. The minimum Gasteiger partial charge on any atom is -0.468 e. The molecule has 12 nitrogen and oxygen atoms in total. The molecule has 0 radical (unpaired) electrons. The van der Waals surface area contributed by atoms with Crippen molar-refractivity contribution >= 4 is 67.2 Å². The molecule has 2 aromatic rings. The Labute approximate surface area is 304 Å². The van der Waals surface area contributed by atoms with E-state index in [2.05, 4.69) is 47.4 Å². The number of hydrogen-bond donors (Lipinski definition) is 3. The predicted molar refractivity (Wildman–Crippen MR) is 194 cm³/mol. The van der Waals surface area contributed by atoms with Gasteiger partial charge in [-0.15, -0.1) is 0 Å². The van der Waals surface area contributed by atoms with Gasteiger partial charge < -0.3 is 35.8 Å². The third-order valence-electron chi connectivity index (χ3n) is 10.5. The number of nitrogens with two attached hydrogens (primary N) is 1. The lowest BCUT2D eigenvalue weighted by molar-refractivity contribution is -0.150. The van der Waals surface area contributed by atoms with Gasteiger partial charge in [-0.2, -0.15) is 0 Å². The van der Waals surface area contributed by atoms with Crippen LogP contribution in [0, 0.1) is 0 Å². The van der Waals surface area contributed by atoms with Crippen molar-refractivity contribution in [1.82, 2.24) is 24.9 Å². The van der Waals surface area contributed by atoms with Gasteiger partial charge in [0.15, 0.2) is 0 Å². The van der Waals surface area contributed by atoms with Crippen LogP contribution in [0.5, 0.6) is 0 Å². The smallest absolute Gasteiger partial charge is 0.323 e. The molecule has 0 aromatic heterocycles. The minimum absolute atomic E-state index is 0.0132. The summed E-state index contributed by atoms with van der Waals surface area (Å²) in [6.45, 7) is 3.43. The van der Waals surface area contributed by atoms with E-state index < -0.39 is 6.04 Å². The summed E-state index contributed by atoms with van der Waals surface area (Å²) in [5.74, 6) is -0.312. The standard InChI is InChI=1S/C35H45Br2N7O5/c1-49-33(46)30-8-4-5-13-43(30)24-9-14-41(15-10-24)32(45)29(20-22-18-26(36)31(38)27(37)19-22)40-34(47)42-16-11-25(12-17-42)44-21-23-6-2-3-7-28(23)39-35(44)48/h2-3,6-7,18-19,24-25,29-30H,4-5,8-17,20-21,38H2,1H3,(H,39,48)(H,40,47)/t29-,30-/m1/s1. The molecule has 2 atom stereocenters. The highest BCUT2D eigenvalue weighted by atomic mass is 79.9. The van der Waals surface area contributed by atoms with Gasteiger partial charge in [0.1, 0.15) is 12.1 Å². The number of para-hydroxylation sites is 1. The number of nitrogens with zero attached hydrogens (tertiary/aromatic N) is 4. The molecule has 264 valence electrons. The van der Waals surface area contributed by atoms with Crippen LogP contribution in [0.1, 0.15) is 56.1 Å². The first kappa shape index (κ1) is 35.5. The van der Waals surface area contributed by atoms with Crippen molar-refractivity contribution in [2.24, 2.45) is 0 Å².